The number of carbonyl (C=O) groups excluding carboxylic acids is 1. The Hall–Kier alpha value is -1.91. The van der Waals surface area contributed by atoms with Crippen molar-refractivity contribution in [3.63, 3.8) is 0 Å². The van der Waals surface area contributed by atoms with Crippen molar-refractivity contribution >= 4 is 15.9 Å². The number of benzene rings is 1. The van der Waals surface area contributed by atoms with Gasteiger partial charge in [0.05, 0.1) is 23.1 Å². The van der Waals surface area contributed by atoms with E-state index in [1.165, 1.54) is 18.2 Å². The van der Waals surface area contributed by atoms with Crippen molar-refractivity contribution in [3.05, 3.63) is 29.3 Å². The van der Waals surface area contributed by atoms with Gasteiger partial charge in [0.15, 0.2) is 0 Å². The zero-order chi connectivity index (χ0) is 15.3. The summed E-state index contributed by atoms with van der Waals surface area (Å²) in [7, 11) is -3.76. The predicted molar refractivity (Wildman–Crippen MR) is 74.4 cm³/mol. The average Bonchev–Trinajstić information content (AvgIpc) is 2.35. The van der Waals surface area contributed by atoms with E-state index in [0.29, 0.717) is 11.1 Å². The van der Waals surface area contributed by atoms with Crippen LogP contribution in [0.15, 0.2) is 23.1 Å². The van der Waals surface area contributed by atoms with Crippen LogP contribution in [-0.4, -0.2) is 26.9 Å². The molecule has 6 nitrogen and oxygen atoms in total. The second-order valence-corrected chi connectivity index (χ2v) is 6.40. The number of carbonyl (C=O) groups is 1. The van der Waals surface area contributed by atoms with E-state index in [1.54, 1.807) is 20.8 Å². The van der Waals surface area contributed by atoms with Gasteiger partial charge in [-0.1, -0.05) is 0 Å². The van der Waals surface area contributed by atoms with E-state index in [-0.39, 0.29) is 17.5 Å². The fourth-order valence-corrected chi connectivity index (χ4v) is 2.61. The largest absolute Gasteiger partial charge is 0.353 e. The van der Waals surface area contributed by atoms with Crippen molar-refractivity contribution in [2.45, 2.75) is 31.7 Å². The maximum absolute atomic E-state index is 12.0. The van der Waals surface area contributed by atoms with Crippen LogP contribution in [0.2, 0.25) is 0 Å². The quantitative estimate of drug-likeness (QED) is 0.834. The van der Waals surface area contributed by atoms with Gasteiger partial charge in [-0.25, -0.2) is 13.1 Å². The molecule has 1 aromatic rings. The number of sulfonamides is 1. The van der Waals surface area contributed by atoms with Crippen molar-refractivity contribution in [2.75, 3.05) is 6.54 Å². The Kier molecular flexibility index (Phi) is 5.25. The molecule has 0 fully saturated rings. The van der Waals surface area contributed by atoms with Gasteiger partial charge in [-0.3, -0.25) is 4.79 Å². The van der Waals surface area contributed by atoms with E-state index in [1.807, 2.05) is 6.07 Å². The molecule has 0 radical (unpaired) electrons. The van der Waals surface area contributed by atoms with Gasteiger partial charge in [0.2, 0.25) is 15.9 Å². The van der Waals surface area contributed by atoms with Crippen LogP contribution >= 0.6 is 0 Å². The zero-order valence-electron chi connectivity index (χ0n) is 11.6. The lowest BCUT2D eigenvalue weighted by Crippen LogP contribution is -2.39. The molecule has 0 atom stereocenters. The number of nitriles is 1. The van der Waals surface area contributed by atoms with E-state index in [4.69, 9.17) is 5.26 Å². The molecule has 0 aliphatic rings. The van der Waals surface area contributed by atoms with Gasteiger partial charge in [-0.2, -0.15) is 5.26 Å². The van der Waals surface area contributed by atoms with Crippen LogP contribution in [-0.2, 0) is 14.8 Å². The van der Waals surface area contributed by atoms with Gasteiger partial charge in [-0.15, -0.1) is 0 Å². The molecule has 0 bridgehead atoms. The molecule has 0 saturated carbocycles. The maximum atomic E-state index is 12.0. The van der Waals surface area contributed by atoms with Crippen LogP contribution in [0.25, 0.3) is 0 Å². The van der Waals surface area contributed by atoms with Crippen LogP contribution in [0.3, 0.4) is 0 Å². The Labute approximate surface area is 118 Å². The minimum atomic E-state index is -3.76. The average molecular weight is 295 g/mol. The molecule has 7 heteroatoms. The Morgan fingerprint density at radius 1 is 1.40 bits per heavy atom. The summed E-state index contributed by atoms with van der Waals surface area (Å²) in [6, 6.07) is 6.10. The highest BCUT2D eigenvalue weighted by molar-refractivity contribution is 7.89. The summed E-state index contributed by atoms with van der Waals surface area (Å²) in [4.78, 5) is 11.5. The Morgan fingerprint density at radius 2 is 2.05 bits per heavy atom. The minimum absolute atomic E-state index is 0.0337. The molecule has 0 heterocycles. The van der Waals surface area contributed by atoms with Gasteiger partial charge >= 0.3 is 0 Å². The lowest BCUT2D eigenvalue weighted by Gasteiger charge is -2.10. The van der Waals surface area contributed by atoms with Gasteiger partial charge < -0.3 is 5.32 Å². The Balaban J connectivity index is 2.82. The highest BCUT2D eigenvalue weighted by Crippen LogP contribution is 2.14. The third-order valence-electron chi connectivity index (χ3n) is 2.50. The summed E-state index contributed by atoms with van der Waals surface area (Å²) >= 11 is 0. The number of nitrogens with zero attached hydrogens (tertiary/aromatic N) is 1. The van der Waals surface area contributed by atoms with Crippen molar-refractivity contribution in [1.29, 1.82) is 5.26 Å². The first-order valence-corrected chi connectivity index (χ1v) is 7.54. The van der Waals surface area contributed by atoms with Crippen LogP contribution in [0.5, 0.6) is 0 Å². The molecule has 0 unspecified atom stereocenters. The molecule has 0 saturated heterocycles. The fourth-order valence-electron chi connectivity index (χ4n) is 1.55. The van der Waals surface area contributed by atoms with E-state index in [9.17, 15) is 13.2 Å². The minimum Gasteiger partial charge on any atom is -0.353 e. The third kappa shape index (κ3) is 4.33. The second kappa shape index (κ2) is 6.50. The van der Waals surface area contributed by atoms with Crippen LogP contribution in [0.4, 0.5) is 0 Å². The number of rotatable bonds is 5. The first kappa shape index (κ1) is 16.1. The molecule has 0 spiro atoms. The molecule has 1 amide bonds. The van der Waals surface area contributed by atoms with Gasteiger partial charge in [0, 0.05) is 6.04 Å². The zero-order valence-corrected chi connectivity index (χ0v) is 12.4. The van der Waals surface area contributed by atoms with E-state index in [0.717, 1.165) is 0 Å². The monoisotopic (exact) mass is 295 g/mol. The molecular formula is C13H17N3O3S. The highest BCUT2D eigenvalue weighted by Gasteiger charge is 2.16. The lowest BCUT2D eigenvalue weighted by atomic mass is 10.1. The topological polar surface area (TPSA) is 99.1 Å². The first-order chi connectivity index (χ1) is 9.26. The molecule has 0 aliphatic heterocycles. The summed E-state index contributed by atoms with van der Waals surface area (Å²) in [6.45, 7) is 4.91. The normalized spacial score (nSPS) is 11.2. The van der Waals surface area contributed by atoms with E-state index < -0.39 is 15.9 Å². The molecular weight excluding hydrogens is 278 g/mol. The number of nitrogens with one attached hydrogen (secondary N) is 2. The first-order valence-electron chi connectivity index (χ1n) is 6.06. The molecule has 0 aliphatic carbocycles. The predicted octanol–water partition coefficient (Wildman–Crippen LogP) is 0.670. The standard InChI is InChI=1S/C13H17N3O3S/c1-9(2)16-13(17)8-15-20(18,19)12-5-4-11(7-14)10(3)6-12/h4-6,9,15H,8H2,1-3H3,(H,16,17). The SMILES string of the molecule is Cc1cc(S(=O)(=O)NCC(=O)NC(C)C)ccc1C#N. The van der Waals surface area contributed by atoms with E-state index >= 15 is 0 Å². The van der Waals surface area contributed by atoms with Gasteiger partial charge in [-0.05, 0) is 44.5 Å². The van der Waals surface area contributed by atoms with Crippen LogP contribution in [0.1, 0.15) is 25.0 Å². The second-order valence-electron chi connectivity index (χ2n) is 4.64. The van der Waals surface area contributed by atoms with Gasteiger partial charge in [0.1, 0.15) is 0 Å². The van der Waals surface area contributed by atoms with Crippen LogP contribution in [0, 0.1) is 18.3 Å². The third-order valence-corrected chi connectivity index (χ3v) is 3.90. The molecule has 1 rings (SSSR count). The number of hydrogen-bond donors (Lipinski definition) is 2. The van der Waals surface area contributed by atoms with Gasteiger partial charge in [0.25, 0.3) is 0 Å². The molecule has 1 aromatic carbocycles. The Morgan fingerprint density at radius 3 is 2.55 bits per heavy atom. The molecule has 2 N–H and O–H groups in total. The number of amides is 1. The summed E-state index contributed by atoms with van der Waals surface area (Å²) in [5.74, 6) is -0.394. The summed E-state index contributed by atoms with van der Waals surface area (Å²) < 4.78 is 26.2. The molecule has 0 aromatic heterocycles. The summed E-state index contributed by atoms with van der Waals surface area (Å²) in [6.07, 6.45) is 0. The van der Waals surface area contributed by atoms with E-state index in [2.05, 4.69) is 10.0 Å². The number of aryl methyl sites for hydroxylation is 1. The van der Waals surface area contributed by atoms with Crippen molar-refractivity contribution in [1.82, 2.24) is 10.0 Å². The maximum Gasteiger partial charge on any atom is 0.241 e. The Bertz CT molecular complexity index is 645. The molecule has 108 valence electrons. The van der Waals surface area contributed by atoms with Crippen molar-refractivity contribution in [3.8, 4) is 6.07 Å². The smallest absolute Gasteiger partial charge is 0.241 e. The summed E-state index contributed by atoms with van der Waals surface area (Å²) in [5, 5.41) is 11.4. The van der Waals surface area contributed by atoms with Crippen molar-refractivity contribution < 1.29 is 13.2 Å². The molecule has 20 heavy (non-hydrogen) atoms. The van der Waals surface area contributed by atoms with Crippen molar-refractivity contribution in [2.24, 2.45) is 0 Å². The lowest BCUT2D eigenvalue weighted by molar-refractivity contribution is -0.120. The fraction of sp³-hybridized carbons (Fsp3) is 0.385. The highest BCUT2D eigenvalue weighted by atomic mass is 32.2. The number of hydrogen-bond acceptors (Lipinski definition) is 4. The summed E-state index contributed by atoms with van der Waals surface area (Å²) in [5.41, 5.74) is 0.989. The van der Waals surface area contributed by atoms with Crippen LogP contribution < -0.4 is 10.0 Å².